The number of halogens is 2. The van der Waals surface area contributed by atoms with E-state index in [0.717, 1.165) is 0 Å². The third kappa shape index (κ3) is 3.38. The minimum atomic E-state index is -1.84. The summed E-state index contributed by atoms with van der Waals surface area (Å²) in [7, 11) is 0. The quantitative estimate of drug-likeness (QED) is 0.393. The number of carbonyl (C=O) groups is 4. The van der Waals surface area contributed by atoms with Crippen molar-refractivity contribution in [3.05, 3.63) is 53.7 Å². The molecule has 0 aliphatic rings. The van der Waals surface area contributed by atoms with Crippen LogP contribution in [0.1, 0.15) is 41.4 Å². The summed E-state index contributed by atoms with van der Waals surface area (Å²) in [4.78, 5) is 46.7. The molecule has 0 radical (unpaired) electrons. The normalized spacial score (nSPS) is 10.4. The smallest absolute Gasteiger partial charge is 0.337 e. The molecule has 0 bridgehead atoms. The van der Waals surface area contributed by atoms with Crippen molar-refractivity contribution in [2.24, 2.45) is 0 Å². The van der Waals surface area contributed by atoms with Gasteiger partial charge in [0.2, 0.25) is 0 Å². The predicted octanol–water partition coefficient (Wildman–Crippen LogP) is 3.36. The molecule has 0 atom stereocenters. The first kappa shape index (κ1) is 20.1. The number of carboxylic acid groups (broad SMARTS) is 4. The summed E-state index contributed by atoms with van der Waals surface area (Å²) in [6.45, 7) is 0. The molecule has 2 aromatic carbocycles. The molecule has 0 saturated carbocycles. The molecule has 0 saturated heterocycles. The molecule has 4 N–H and O–H groups in total. The van der Waals surface area contributed by atoms with Gasteiger partial charge in [-0.2, -0.15) is 0 Å². The van der Waals surface area contributed by atoms with Crippen LogP contribution in [0.2, 0.25) is 0 Å². The summed E-state index contributed by atoms with van der Waals surface area (Å²) in [5.41, 5.74) is -3.54. The van der Waals surface area contributed by atoms with Crippen LogP contribution in [-0.4, -0.2) is 44.3 Å². The molecule has 0 unspecified atom stereocenters. The van der Waals surface area contributed by atoms with Gasteiger partial charge in [0.05, 0.1) is 22.3 Å². The van der Waals surface area contributed by atoms with Gasteiger partial charge in [-0.15, -0.1) is 0 Å². The fourth-order valence-electron chi connectivity index (χ4n) is 2.48. The van der Waals surface area contributed by atoms with Gasteiger partial charge in [-0.25, -0.2) is 19.2 Å². The zero-order valence-corrected chi connectivity index (χ0v) is 16.8. The molecule has 0 heterocycles. The maximum absolute atomic E-state index is 11.8. The van der Waals surface area contributed by atoms with Gasteiger partial charge in [0.1, 0.15) is 0 Å². The Morgan fingerprint density at radius 3 is 1.50 bits per heavy atom. The van der Waals surface area contributed by atoms with Gasteiger partial charge in [-0.3, -0.25) is 0 Å². The van der Waals surface area contributed by atoms with Crippen LogP contribution in [0.15, 0.2) is 24.3 Å². The first-order chi connectivity index (χ1) is 12.1. The van der Waals surface area contributed by atoms with Crippen LogP contribution in [0.25, 0.3) is 11.1 Å². The third-order valence-corrected chi connectivity index (χ3v) is 5.46. The summed E-state index contributed by atoms with van der Waals surface area (Å²) in [6, 6.07) is 6.37. The average Bonchev–Trinajstić information content (AvgIpc) is 2.53. The van der Waals surface area contributed by atoms with E-state index < -0.39 is 46.1 Å². The molecular weight excluding hydrogens is 574 g/mol. The van der Waals surface area contributed by atoms with Gasteiger partial charge in [0.25, 0.3) is 0 Å². The summed E-state index contributed by atoms with van der Waals surface area (Å²) in [5.74, 6) is -7.02. The molecule has 0 aromatic heterocycles. The topological polar surface area (TPSA) is 149 Å². The highest BCUT2D eigenvalue weighted by Crippen LogP contribution is 2.39. The van der Waals surface area contributed by atoms with E-state index in [1.807, 2.05) is 22.6 Å². The Labute approximate surface area is 172 Å². The van der Waals surface area contributed by atoms with Crippen molar-refractivity contribution in [1.82, 2.24) is 0 Å². The molecule has 10 heteroatoms. The Morgan fingerprint density at radius 1 is 0.654 bits per heavy atom. The average molecular weight is 582 g/mol. The summed E-state index contributed by atoms with van der Waals surface area (Å²) in [6.07, 6.45) is 0. The van der Waals surface area contributed by atoms with Crippen LogP contribution < -0.4 is 0 Å². The maximum Gasteiger partial charge on any atom is 0.337 e. The van der Waals surface area contributed by atoms with E-state index in [0.29, 0.717) is 3.57 Å². The molecule has 0 fully saturated rings. The number of hydrogen-bond acceptors (Lipinski definition) is 4. The van der Waals surface area contributed by atoms with Crippen molar-refractivity contribution < 1.29 is 39.6 Å². The molecule has 0 aliphatic heterocycles. The Balaban J connectivity index is 3.23. The molecule has 26 heavy (non-hydrogen) atoms. The van der Waals surface area contributed by atoms with E-state index in [1.165, 1.54) is 28.7 Å². The molecule has 8 nitrogen and oxygen atoms in total. The van der Waals surface area contributed by atoms with Crippen molar-refractivity contribution >= 4 is 69.1 Å². The molecule has 2 rings (SSSR count). The lowest BCUT2D eigenvalue weighted by atomic mass is 9.88. The molecule has 0 aliphatic carbocycles. The van der Waals surface area contributed by atoms with E-state index in [2.05, 4.69) is 0 Å². The highest BCUT2D eigenvalue weighted by Gasteiger charge is 2.36. The van der Waals surface area contributed by atoms with Crippen LogP contribution in [0.3, 0.4) is 0 Å². The van der Waals surface area contributed by atoms with Crippen LogP contribution in [-0.2, 0) is 0 Å². The van der Waals surface area contributed by atoms with Gasteiger partial charge in [-0.1, -0.05) is 18.2 Å². The fraction of sp³-hybridized carbons (Fsp3) is 0. The fourth-order valence-corrected chi connectivity index (χ4v) is 4.20. The lowest BCUT2D eigenvalue weighted by Gasteiger charge is -2.18. The van der Waals surface area contributed by atoms with Crippen molar-refractivity contribution in [3.63, 3.8) is 0 Å². The van der Waals surface area contributed by atoms with Crippen LogP contribution in [0.5, 0.6) is 0 Å². The maximum atomic E-state index is 11.8. The van der Waals surface area contributed by atoms with Gasteiger partial charge < -0.3 is 20.4 Å². The monoisotopic (exact) mass is 582 g/mol. The minimum absolute atomic E-state index is 0.150. The van der Waals surface area contributed by atoms with Gasteiger partial charge in [0.15, 0.2) is 0 Å². The van der Waals surface area contributed by atoms with Gasteiger partial charge in [0, 0.05) is 12.7 Å². The second kappa shape index (κ2) is 7.57. The standard InChI is InChI=1S/C16H8I2O8/c17-6-4-2-1-3-5(6)7-8(13(19)20)9(14(21)22)10(15(23)24)11(12(7)18)16(25)26/h1-4H,(H,19,20)(H,21,22)(H,23,24)(H,25,26). The Hall–Kier alpha value is -2.22. The second-order valence-electron chi connectivity index (χ2n) is 4.89. The number of rotatable bonds is 5. The van der Waals surface area contributed by atoms with Crippen molar-refractivity contribution in [1.29, 1.82) is 0 Å². The Morgan fingerprint density at radius 2 is 1.08 bits per heavy atom. The number of hydrogen-bond donors (Lipinski definition) is 4. The van der Waals surface area contributed by atoms with Crippen LogP contribution >= 0.6 is 45.2 Å². The number of benzene rings is 2. The highest BCUT2D eigenvalue weighted by molar-refractivity contribution is 14.1. The number of aromatic carboxylic acids is 4. The van der Waals surface area contributed by atoms with E-state index in [-0.39, 0.29) is 14.7 Å². The van der Waals surface area contributed by atoms with Crippen LogP contribution in [0.4, 0.5) is 0 Å². The summed E-state index contributed by atoms with van der Waals surface area (Å²) >= 11 is 3.42. The van der Waals surface area contributed by atoms with Crippen molar-refractivity contribution in [2.45, 2.75) is 0 Å². The SMILES string of the molecule is O=C(O)c1c(I)c(-c2ccccc2I)c(C(=O)O)c(C(=O)O)c1C(=O)O. The van der Waals surface area contributed by atoms with Gasteiger partial charge in [-0.05, 0) is 56.8 Å². The van der Waals surface area contributed by atoms with Crippen LogP contribution in [0, 0.1) is 7.14 Å². The van der Waals surface area contributed by atoms with Crippen molar-refractivity contribution in [2.75, 3.05) is 0 Å². The van der Waals surface area contributed by atoms with E-state index in [1.54, 1.807) is 18.2 Å². The zero-order chi connectivity index (χ0) is 19.8. The minimum Gasteiger partial charge on any atom is -0.478 e. The van der Waals surface area contributed by atoms with E-state index in [4.69, 9.17) is 0 Å². The third-order valence-electron chi connectivity index (χ3n) is 3.44. The molecule has 0 amide bonds. The first-order valence-corrected chi connectivity index (χ1v) is 8.82. The molecule has 134 valence electrons. The van der Waals surface area contributed by atoms with E-state index >= 15 is 0 Å². The lowest BCUT2D eigenvalue weighted by molar-refractivity contribution is 0.0619. The highest BCUT2D eigenvalue weighted by atomic mass is 127. The zero-order valence-electron chi connectivity index (χ0n) is 12.5. The van der Waals surface area contributed by atoms with Gasteiger partial charge >= 0.3 is 23.9 Å². The largest absolute Gasteiger partial charge is 0.478 e. The Kier molecular flexibility index (Phi) is 5.85. The molecule has 0 spiro atoms. The van der Waals surface area contributed by atoms with Crippen molar-refractivity contribution in [3.8, 4) is 11.1 Å². The summed E-state index contributed by atoms with van der Waals surface area (Å²) < 4.78 is 0.375. The Bertz CT molecular complexity index is 981. The lowest BCUT2D eigenvalue weighted by Crippen LogP contribution is -2.22. The molecular formula is C16H8I2O8. The molecule has 2 aromatic rings. The van der Waals surface area contributed by atoms with E-state index in [9.17, 15) is 39.6 Å². The first-order valence-electron chi connectivity index (χ1n) is 6.67. The summed E-state index contributed by atoms with van der Waals surface area (Å²) in [5, 5.41) is 37.9. The predicted molar refractivity (Wildman–Crippen MR) is 105 cm³/mol. The second-order valence-corrected chi connectivity index (χ2v) is 7.13. The number of carboxylic acids is 4.